The highest BCUT2D eigenvalue weighted by Crippen LogP contribution is 2.39. The number of hydrogen-bond donors (Lipinski definition) is 0. The van der Waals surface area contributed by atoms with E-state index in [0.29, 0.717) is 5.56 Å². The van der Waals surface area contributed by atoms with Gasteiger partial charge in [0.05, 0.1) is 12.2 Å². The van der Waals surface area contributed by atoms with Gasteiger partial charge in [0.25, 0.3) is 0 Å². The van der Waals surface area contributed by atoms with E-state index in [1.807, 2.05) is 30.3 Å². The van der Waals surface area contributed by atoms with Gasteiger partial charge in [-0.1, -0.05) is 42.5 Å². The van der Waals surface area contributed by atoms with E-state index < -0.39 is 23.8 Å². The van der Waals surface area contributed by atoms with Crippen molar-refractivity contribution in [3.05, 3.63) is 59.7 Å². The first-order valence-electron chi connectivity index (χ1n) is 7.71. The van der Waals surface area contributed by atoms with Gasteiger partial charge >= 0.3 is 12.1 Å². The summed E-state index contributed by atoms with van der Waals surface area (Å²) in [4.78, 5) is 11.9. The summed E-state index contributed by atoms with van der Waals surface area (Å²) in [5, 5.41) is 0. The van der Waals surface area contributed by atoms with Gasteiger partial charge in [-0.3, -0.25) is 0 Å². The van der Waals surface area contributed by atoms with E-state index in [1.165, 1.54) is 13.0 Å². The molecule has 6 heteroatoms. The van der Waals surface area contributed by atoms with Crippen LogP contribution >= 0.6 is 0 Å². The molecule has 130 valence electrons. The van der Waals surface area contributed by atoms with E-state index in [2.05, 4.69) is 0 Å². The van der Waals surface area contributed by atoms with Gasteiger partial charge in [0.2, 0.25) is 6.10 Å². The molecule has 0 saturated carbocycles. The third kappa shape index (κ3) is 3.52. The molecule has 1 aliphatic heterocycles. The molecule has 0 N–H and O–H groups in total. The van der Waals surface area contributed by atoms with Crippen LogP contribution in [0.25, 0.3) is 17.2 Å². The summed E-state index contributed by atoms with van der Waals surface area (Å²) in [5.41, 5.74) is 1.45. The number of halogens is 3. The number of alkyl halides is 3. The molecular formula is C19H15F3O3. The van der Waals surface area contributed by atoms with Crippen LogP contribution in [0.15, 0.2) is 54.1 Å². The highest BCUT2D eigenvalue weighted by molar-refractivity contribution is 5.96. The second-order valence-corrected chi connectivity index (χ2v) is 5.48. The maximum absolute atomic E-state index is 13.3. The predicted octanol–water partition coefficient (Wildman–Crippen LogP) is 4.62. The Hall–Kier alpha value is -2.76. The number of esters is 1. The highest BCUT2D eigenvalue weighted by atomic mass is 19.4. The molecule has 25 heavy (non-hydrogen) atoms. The van der Waals surface area contributed by atoms with Crippen molar-refractivity contribution in [1.29, 1.82) is 0 Å². The summed E-state index contributed by atoms with van der Waals surface area (Å²) in [7, 11) is 0. The largest absolute Gasteiger partial charge is 0.475 e. The van der Waals surface area contributed by atoms with Crippen molar-refractivity contribution in [3.63, 3.8) is 0 Å². The second-order valence-electron chi connectivity index (χ2n) is 5.48. The van der Waals surface area contributed by atoms with Crippen LogP contribution < -0.4 is 4.74 Å². The standard InChI is InChI=1S/C19H15F3O3/c1-2-24-18(23)15-10-14-9-8-13(12-6-4-3-5-7-12)11-16(14)25-17(15)19(20,21)22/h3-11,17H,2H2,1H3. The van der Waals surface area contributed by atoms with Crippen LogP contribution in [-0.4, -0.2) is 24.9 Å². The van der Waals surface area contributed by atoms with Gasteiger partial charge in [0.1, 0.15) is 5.75 Å². The van der Waals surface area contributed by atoms with Gasteiger partial charge in [0.15, 0.2) is 0 Å². The molecule has 2 aromatic rings. The monoisotopic (exact) mass is 348 g/mol. The molecule has 1 aliphatic rings. The zero-order valence-electron chi connectivity index (χ0n) is 13.3. The molecule has 0 spiro atoms. The van der Waals surface area contributed by atoms with E-state index in [4.69, 9.17) is 9.47 Å². The maximum Gasteiger partial charge on any atom is 0.430 e. The summed E-state index contributed by atoms with van der Waals surface area (Å²) < 4.78 is 49.9. The Bertz CT molecular complexity index is 810. The van der Waals surface area contributed by atoms with Gasteiger partial charge in [0, 0.05) is 5.56 Å². The number of carbonyl (C=O) groups excluding carboxylic acids is 1. The van der Waals surface area contributed by atoms with Crippen molar-refractivity contribution in [1.82, 2.24) is 0 Å². The van der Waals surface area contributed by atoms with Gasteiger partial charge < -0.3 is 9.47 Å². The fourth-order valence-corrected chi connectivity index (χ4v) is 2.62. The van der Waals surface area contributed by atoms with E-state index in [9.17, 15) is 18.0 Å². The lowest BCUT2D eigenvalue weighted by Gasteiger charge is -2.28. The Morgan fingerprint density at radius 3 is 2.48 bits per heavy atom. The Labute approximate surface area is 142 Å². The quantitative estimate of drug-likeness (QED) is 0.759. The van der Waals surface area contributed by atoms with Gasteiger partial charge in [-0.05, 0) is 30.2 Å². The van der Waals surface area contributed by atoms with Crippen LogP contribution in [0.4, 0.5) is 13.2 Å². The summed E-state index contributed by atoms with van der Waals surface area (Å²) in [6.07, 6.45) is -5.88. The minimum absolute atomic E-state index is 0.0133. The Morgan fingerprint density at radius 2 is 1.84 bits per heavy atom. The first kappa shape index (κ1) is 17.1. The van der Waals surface area contributed by atoms with E-state index in [1.54, 1.807) is 18.2 Å². The number of ether oxygens (including phenoxy) is 2. The van der Waals surface area contributed by atoms with Crippen LogP contribution in [0.5, 0.6) is 5.75 Å². The smallest absolute Gasteiger partial charge is 0.430 e. The highest BCUT2D eigenvalue weighted by Gasteiger charge is 2.48. The van der Waals surface area contributed by atoms with E-state index in [-0.39, 0.29) is 12.4 Å². The third-order valence-corrected chi connectivity index (χ3v) is 3.77. The molecule has 3 rings (SSSR count). The molecular weight excluding hydrogens is 333 g/mol. The van der Waals surface area contributed by atoms with Crippen molar-refractivity contribution >= 4 is 12.0 Å². The summed E-state index contributed by atoms with van der Waals surface area (Å²) in [6.45, 7) is 1.52. The van der Waals surface area contributed by atoms with Gasteiger partial charge in [-0.15, -0.1) is 0 Å². The zero-order chi connectivity index (χ0) is 18.0. The molecule has 0 saturated heterocycles. The van der Waals surface area contributed by atoms with Crippen molar-refractivity contribution in [3.8, 4) is 16.9 Å². The van der Waals surface area contributed by atoms with Crippen LogP contribution in [-0.2, 0) is 9.53 Å². The Balaban J connectivity index is 2.04. The third-order valence-electron chi connectivity index (χ3n) is 3.77. The lowest BCUT2D eigenvalue weighted by Crippen LogP contribution is -2.40. The molecule has 1 unspecified atom stereocenters. The first-order valence-corrected chi connectivity index (χ1v) is 7.71. The number of fused-ring (bicyclic) bond motifs is 1. The Kier molecular flexibility index (Phi) is 4.53. The van der Waals surface area contributed by atoms with Crippen molar-refractivity contribution in [2.45, 2.75) is 19.2 Å². The van der Waals surface area contributed by atoms with Crippen molar-refractivity contribution in [2.75, 3.05) is 6.61 Å². The summed E-state index contributed by atoms with van der Waals surface area (Å²) in [6, 6.07) is 14.2. The molecule has 1 atom stereocenters. The second kappa shape index (κ2) is 6.63. The van der Waals surface area contributed by atoms with Gasteiger partial charge in [-0.2, -0.15) is 13.2 Å². The predicted molar refractivity (Wildman–Crippen MR) is 87.0 cm³/mol. The number of hydrogen-bond acceptors (Lipinski definition) is 3. The molecule has 3 nitrogen and oxygen atoms in total. The molecule has 0 aliphatic carbocycles. The first-order chi connectivity index (χ1) is 11.9. The van der Waals surface area contributed by atoms with Crippen molar-refractivity contribution < 1.29 is 27.4 Å². The molecule has 2 aromatic carbocycles. The van der Waals surface area contributed by atoms with Crippen LogP contribution in [0, 0.1) is 0 Å². The van der Waals surface area contributed by atoms with Crippen LogP contribution in [0.2, 0.25) is 0 Å². The summed E-state index contributed by atoms with van der Waals surface area (Å²) >= 11 is 0. The molecule has 0 radical (unpaired) electrons. The normalized spacial score (nSPS) is 16.5. The lowest BCUT2D eigenvalue weighted by molar-refractivity contribution is -0.187. The number of benzene rings is 2. The van der Waals surface area contributed by atoms with E-state index in [0.717, 1.165) is 11.1 Å². The Morgan fingerprint density at radius 1 is 1.12 bits per heavy atom. The number of carbonyl (C=O) groups is 1. The van der Waals surface area contributed by atoms with E-state index >= 15 is 0 Å². The summed E-state index contributed by atoms with van der Waals surface area (Å²) in [5.74, 6) is -0.945. The SMILES string of the molecule is CCOC(=O)C1=Cc2ccc(-c3ccccc3)cc2OC1C(F)(F)F. The van der Waals surface area contributed by atoms with Crippen molar-refractivity contribution in [2.24, 2.45) is 0 Å². The van der Waals surface area contributed by atoms with Crippen LogP contribution in [0.3, 0.4) is 0 Å². The fourth-order valence-electron chi connectivity index (χ4n) is 2.62. The molecule has 0 bridgehead atoms. The molecule has 1 heterocycles. The average molecular weight is 348 g/mol. The molecule has 0 amide bonds. The van der Waals surface area contributed by atoms with Crippen LogP contribution in [0.1, 0.15) is 12.5 Å². The van der Waals surface area contributed by atoms with Gasteiger partial charge in [-0.25, -0.2) is 4.79 Å². The topological polar surface area (TPSA) is 35.5 Å². The number of rotatable bonds is 3. The minimum Gasteiger partial charge on any atom is -0.475 e. The zero-order valence-corrected chi connectivity index (χ0v) is 13.3. The minimum atomic E-state index is -4.72. The average Bonchev–Trinajstić information content (AvgIpc) is 2.60. The molecule has 0 aromatic heterocycles. The molecule has 0 fully saturated rings. The lowest BCUT2D eigenvalue weighted by atomic mass is 9.98. The maximum atomic E-state index is 13.3. The fraction of sp³-hybridized carbons (Fsp3) is 0.211.